The number of sulfonamides is 1. The first-order chi connectivity index (χ1) is 10.9. The fourth-order valence-corrected chi connectivity index (χ4v) is 4.59. The van der Waals surface area contributed by atoms with Crippen molar-refractivity contribution in [2.45, 2.75) is 32.2 Å². The standard InChI is InChI=1S/C14H16N4O3S2/c1-8-12(14-18-17-10(3)21-14)13(9(2)16-8)23(19,20)15-7-11-5-4-6-22-11/h4-6,15-16H,7H2,1-3H3. The van der Waals surface area contributed by atoms with Crippen LogP contribution in [0.3, 0.4) is 0 Å². The summed E-state index contributed by atoms with van der Waals surface area (Å²) in [6, 6.07) is 3.76. The molecule has 3 rings (SSSR count). The molecule has 0 spiro atoms. The van der Waals surface area contributed by atoms with E-state index in [2.05, 4.69) is 19.9 Å². The van der Waals surface area contributed by atoms with Crippen molar-refractivity contribution < 1.29 is 12.8 Å². The average molecular weight is 352 g/mol. The van der Waals surface area contributed by atoms with Crippen molar-refractivity contribution in [3.05, 3.63) is 39.7 Å². The molecule has 3 aromatic heterocycles. The van der Waals surface area contributed by atoms with Crippen molar-refractivity contribution in [2.75, 3.05) is 0 Å². The predicted molar refractivity (Wildman–Crippen MR) is 86.6 cm³/mol. The predicted octanol–water partition coefficient (Wildman–Crippen LogP) is 2.53. The van der Waals surface area contributed by atoms with Crippen LogP contribution in [0.2, 0.25) is 0 Å². The third kappa shape index (κ3) is 3.07. The molecule has 2 N–H and O–H groups in total. The summed E-state index contributed by atoms with van der Waals surface area (Å²) in [6.45, 7) is 5.39. The Morgan fingerprint density at radius 2 is 2.04 bits per heavy atom. The number of hydrogen-bond donors (Lipinski definition) is 2. The largest absolute Gasteiger partial charge is 0.421 e. The summed E-state index contributed by atoms with van der Waals surface area (Å²) in [4.78, 5) is 4.13. The van der Waals surface area contributed by atoms with E-state index in [1.807, 2.05) is 17.5 Å². The molecule has 0 amide bonds. The molecule has 23 heavy (non-hydrogen) atoms. The van der Waals surface area contributed by atoms with Gasteiger partial charge in [-0.1, -0.05) is 6.07 Å². The van der Waals surface area contributed by atoms with Crippen LogP contribution in [0.15, 0.2) is 26.8 Å². The van der Waals surface area contributed by atoms with Crippen LogP contribution < -0.4 is 4.72 Å². The van der Waals surface area contributed by atoms with Gasteiger partial charge in [-0.25, -0.2) is 13.1 Å². The van der Waals surface area contributed by atoms with Crippen LogP contribution in [0.25, 0.3) is 11.5 Å². The second-order valence-corrected chi connectivity index (χ2v) is 7.85. The van der Waals surface area contributed by atoms with Crippen molar-refractivity contribution in [3.63, 3.8) is 0 Å². The van der Waals surface area contributed by atoms with Gasteiger partial charge in [0, 0.05) is 29.7 Å². The topological polar surface area (TPSA) is 101 Å². The fourth-order valence-electron chi connectivity index (χ4n) is 2.40. The number of hydrogen-bond acceptors (Lipinski definition) is 6. The van der Waals surface area contributed by atoms with Gasteiger partial charge < -0.3 is 9.40 Å². The van der Waals surface area contributed by atoms with Crippen molar-refractivity contribution >= 4 is 21.4 Å². The zero-order valence-electron chi connectivity index (χ0n) is 12.9. The molecule has 0 fully saturated rings. The van der Waals surface area contributed by atoms with Crippen molar-refractivity contribution in [1.82, 2.24) is 19.9 Å². The number of aromatic amines is 1. The lowest BCUT2D eigenvalue weighted by Crippen LogP contribution is -2.23. The Morgan fingerprint density at radius 3 is 2.65 bits per heavy atom. The Hall–Kier alpha value is -1.97. The van der Waals surface area contributed by atoms with E-state index < -0.39 is 10.0 Å². The summed E-state index contributed by atoms with van der Waals surface area (Å²) < 4.78 is 33.5. The molecule has 0 aromatic carbocycles. The highest BCUT2D eigenvalue weighted by molar-refractivity contribution is 7.89. The number of rotatable bonds is 5. The summed E-state index contributed by atoms with van der Waals surface area (Å²) in [5, 5.41) is 9.63. The van der Waals surface area contributed by atoms with Gasteiger partial charge in [-0.2, -0.15) is 0 Å². The molecule has 3 heterocycles. The second-order valence-electron chi connectivity index (χ2n) is 5.11. The Balaban J connectivity index is 2.01. The molecule has 0 aliphatic rings. The van der Waals surface area contributed by atoms with Gasteiger partial charge in [-0.05, 0) is 25.3 Å². The number of nitrogens with one attached hydrogen (secondary N) is 2. The first kappa shape index (κ1) is 15.9. The van der Waals surface area contributed by atoms with E-state index >= 15 is 0 Å². The van der Waals surface area contributed by atoms with Crippen LogP contribution in [0, 0.1) is 20.8 Å². The number of nitrogens with zero attached hydrogens (tertiary/aromatic N) is 2. The monoisotopic (exact) mass is 352 g/mol. The Kier molecular flexibility index (Phi) is 4.09. The van der Waals surface area contributed by atoms with Crippen LogP contribution in [-0.2, 0) is 16.6 Å². The zero-order chi connectivity index (χ0) is 16.6. The molecule has 0 saturated heterocycles. The summed E-state index contributed by atoms with van der Waals surface area (Å²) in [6.07, 6.45) is 0. The molecule has 0 radical (unpaired) electrons. The fraction of sp³-hybridized carbons (Fsp3) is 0.286. The summed E-state index contributed by atoms with van der Waals surface area (Å²) in [5.41, 5.74) is 1.62. The van der Waals surface area contributed by atoms with E-state index in [4.69, 9.17) is 4.42 Å². The Morgan fingerprint density at radius 1 is 1.26 bits per heavy atom. The Bertz CT molecular complexity index is 924. The maximum Gasteiger partial charge on any atom is 0.250 e. The van der Waals surface area contributed by atoms with E-state index in [-0.39, 0.29) is 17.3 Å². The van der Waals surface area contributed by atoms with Crippen LogP contribution in [-0.4, -0.2) is 23.6 Å². The molecule has 3 aromatic rings. The van der Waals surface area contributed by atoms with Crippen LogP contribution in [0.1, 0.15) is 22.2 Å². The first-order valence-electron chi connectivity index (χ1n) is 6.90. The summed E-state index contributed by atoms with van der Waals surface area (Å²) >= 11 is 1.50. The summed E-state index contributed by atoms with van der Waals surface area (Å²) in [7, 11) is -3.72. The minimum Gasteiger partial charge on any atom is -0.421 e. The van der Waals surface area contributed by atoms with Crippen LogP contribution in [0.5, 0.6) is 0 Å². The molecule has 0 saturated carbocycles. The van der Waals surface area contributed by atoms with E-state index in [0.29, 0.717) is 22.8 Å². The average Bonchev–Trinajstić information content (AvgIpc) is 3.17. The number of aromatic nitrogens is 3. The van der Waals surface area contributed by atoms with Gasteiger partial charge in [0.15, 0.2) is 0 Å². The molecule has 0 aliphatic heterocycles. The normalized spacial score (nSPS) is 12.0. The van der Waals surface area contributed by atoms with E-state index in [1.54, 1.807) is 20.8 Å². The molecule has 9 heteroatoms. The quantitative estimate of drug-likeness (QED) is 0.735. The maximum atomic E-state index is 12.7. The van der Waals surface area contributed by atoms with Crippen LogP contribution >= 0.6 is 11.3 Å². The smallest absolute Gasteiger partial charge is 0.250 e. The van der Waals surface area contributed by atoms with Crippen LogP contribution in [0.4, 0.5) is 0 Å². The van der Waals surface area contributed by atoms with Gasteiger partial charge in [0.25, 0.3) is 5.89 Å². The molecule has 0 bridgehead atoms. The van der Waals surface area contributed by atoms with Crippen molar-refractivity contribution in [1.29, 1.82) is 0 Å². The lowest BCUT2D eigenvalue weighted by atomic mass is 10.2. The molecule has 0 aliphatic carbocycles. The van der Waals surface area contributed by atoms with E-state index in [1.165, 1.54) is 11.3 Å². The summed E-state index contributed by atoms with van der Waals surface area (Å²) in [5.74, 6) is 0.578. The molecule has 0 unspecified atom stereocenters. The number of aryl methyl sites for hydroxylation is 3. The van der Waals surface area contributed by atoms with Gasteiger partial charge in [-0.3, -0.25) is 0 Å². The molecule has 0 atom stereocenters. The highest BCUT2D eigenvalue weighted by Crippen LogP contribution is 2.32. The molecular weight excluding hydrogens is 336 g/mol. The van der Waals surface area contributed by atoms with Gasteiger partial charge in [0.2, 0.25) is 15.9 Å². The van der Waals surface area contributed by atoms with E-state index in [9.17, 15) is 8.42 Å². The lowest BCUT2D eigenvalue weighted by molar-refractivity contribution is 0.530. The van der Waals surface area contributed by atoms with Gasteiger partial charge in [-0.15, -0.1) is 21.5 Å². The van der Waals surface area contributed by atoms with Gasteiger partial charge in [0.05, 0.1) is 5.56 Å². The second kappa shape index (κ2) is 5.91. The Labute approximate surface area is 137 Å². The van der Waals surface area contributed by atoms with Gasteiger partial charge in [0.1, 0.15) is 4.90 Å². The SMILES string of the molecule is Cc1nnc(-c2c(C)[nH]c(C)c2S(=O)(=O)NCc2cccs2)o1. The molecular formula is C14H16N4O3S2. The third-order valence-electron chi connectivity index (χ3n) is 3.34. The van der Waals surface area contributed by atoms with E-state index in [0.717, 1.165) is 4.88 Å². The zero-order valence-corrected chi connectivity index (χ0v) is 14.5. The minimum atomic E-state index is -3.72. The number of H-pyrrole nitrogens is 1. The lowest BCUT2D eigenvalue weighted by Gasteiger charge is -2.07. The highest BCUT2D eigenvalue weighted by atomic mass is 32.2. The minimum absolute atomic E-state index is 0.148. The molecule has 7 nitrogen and oxygen atoms in total. The maximum absolute atomic E-state index is 12.7. The van der Waals surface area contributed by atoms with Crippen molar-refractivity contribution in [3.8, 4) is 11.5 Å². The third-order valence-corrected chi connectivity index (χ3v) is 5.79. The highest BCUT2D eigenvalue weighted by Gasteiger charge is 2.28. The number of thiophene rings is 1. The molecule has 122 valence electrons. The van der Waals surface area contributed by atoms with Crippen molar-refractivity contribution in [2.24, 2.45) is 0 Å². The first-order valence-corrected chi connectivity index (χ1v) is 9.26. The van der Waals surface area contributed by atoms with Gasteiger partial charge >= 0.3 is 0 Å².